The molecule has 0 saturated carbocycles. The number of hydrogen-bond donors (Lipinski definition) is 1. The van der Waals surface area contributed by atoms with Crippen LogP contribution in [0.2, 0.25) is 0 Å². The van der Waals surface area contributed by atoms with Crippen LogP contribution in [0.5, 0.6) is 0 Å². The van der Waals surface area contributed by atoms with Crippen LogP contribution in [0.25, 0.3) is 302 Å². The van der Waals surface area contributed by atoms with Crippen LogP contribution in [0.1, 0.15) is 39.4 Å². The summed E-state index contributed by atoms with van der Waals surface area (Å²) in [6.07, 6.45) is 2.28. The number of hydrogen-bond acceptors (Lipinski definition) is 1. The van der Waals surface area contributed by atoms with Crippen LogP contribution < -0.4 is 0 Å². The van der Waals surface area contributed by atoms with Gasteiger partial charge in [-0.15, -0.1) is 0 Å². The molecular weight excluding hydrogens is 949 g/mol. The van der Waals surface area contributed by atoms with Crippen LogP contribution >= 0.6 is 11.8 Å². The number of nitrogens with one attached hydrogen (secondary N) is 1. The molecule has 324 valence electrons. The molecule has 1 N–H and O–H groups in total. The molecule has 0 saturated heterocycles. The van der Waals surface area contributed by atoms with Gasteiger partial charge in [-0.1, -0.05) is 30.0 Å². The summed E-state index contributed by atoms with van der Waals surface area (Å²) < 4.78 is 2.23. The van der Waals surface area contributed by atoms with Gasteiger partial charge in [0.05, 0.1) is 15.2 Å². The van der Waals surface area contributed by atoms with Gasteiger partial charge in [-0.3, -0.25) is 0 Å². The molecule has 1 aliphatic heterocycles. The number of rotatable bonds is 1. The van der Waals surface area contributed by atoms with Gasteiger partial charge in [0.1, 0.15) is 0 Å². The number of benzene rings is 19. The van der Waals surface area contributed by atoms with Crippen LogP contribution in [-0.4, -0.2) is 9.55 Å². The monoisotopic (exact) mass is 960 g/mol. The minimum absolute atomic E-state index is 0.0376. The lowest BCUT2D eigenvalue weighted by molar-refractivity contribution is 0.372. The van der Waals surface area contributed by atoms with Crippen LogP contribution in [0, 0.1) is 0 Å². The fourth-order valence-electron chi connectivity index (χ4n) is 27.0. The SMILES string of the molecule is Cn1c2c(c3ccccc31)C(c1ccc[nH]1)C13c4c5c6c7c8c9c(c%10c%11c1c1c4c4c%12c5c5c6c6c8c8c%13c9c9c%10c%10c%11c%11c1c1c4c4c%12c%12c5c5c6c8c6c8c%13c9c9c%10c%10c%11c1c1c4c4c%12c5c6c5c8c9c%10c1c45)C73S2. The second-order valence-corrected chi connectivity index (χ2v) is 28.9. The molecule has 2 spiro atoms. The first kappa shape index (κ1) is 29.2. The van der Waals surface area contributed by atoms with Gasteiger partial charge in [0.2, 0.25) is 0 Å². The van der Waals surface area contributed by atoms with Crippen LogP contribution in [0.4, 0.5) is 0 Å². The molecule has 5 aliphatic rings. The molecule has 2 aromatic heterocycles. The van der Waals surface area contributed by atoms with Crippen molar-refractivity contribution in [2.45, 2.75) is 21.1 Å². The van der Waals surface area contributed by atoms with Crippen molar-refractivity contribution in [3.05, 3.63) is 76.1 Å². The van der Waals surface area contributed by atoms with E-state index in [4.69, 9.17) is 0 Å². The molecule has 2 nitrogen and oxygen atoms in total. The lowest BCUT2D eigenvalue weighted by atomic mass is 9.50. The predicted molar refractivity (Wildman–Crippen MR) is 325 cm³/mol. The highest BCUT2D eigenvalue weighted by molar-refractivity contribution is 8.00. The van der Waals surface area contributed by atoms with Gasteiger partial charge in [0.25, 0.3) is 0 Å². The number of aryl methyl sites for hydroxylation is 1. The molecule has 29 aromatic carbocycles. The predicted octanol–water partition coefficient (Wildman–Crippen LogP) is 20.0. The van der Waals surface area contributed by atoms with Gasteiger partial charge < -0.3 is 9.55 Å². The maximum atomic E-state index is 4.16. The molecule has 3 heterocycles. The highest BCUT2D eigenvalue weighted by Gasteiger charge is 2.75. The van der Waals surface area contributed by atoms with E-state index in [0.29, 0.717) is 0 Å². The molecule has 31 aromatic rings. The Balaban J connectivity index is 1.11. The summed E-state index contributed by atoms with van der Waals surface area (Å²) in [5, 5.41) is 92.4. The molecule has 1 unspecified atom stereocenters. The lowest BCUT2D eigenvalue weighted by Crippen LogP contribution is -2.55. The van der Waals surface area contributed by atoms with Crippen molar-refractivity contribution in [1.29, 1.82) is 0 Å². The highest BCUT2D eigenvalue weighted by atomic mass is 32.2. The van der Waals surface area contributed by atoms with E-state index in [1.54, 1.807) is 319 Å². The zero-order valence-corrected chi connectivity index (χ0v) is 40.3. The third kappa shape index (κ3) is 1.62. The first-order valence-electron chi connectivity index (χ1n) is 28.5. The van der Waals surface area contributed by atoms with Gasteiger partial charge in [-0.25, -0.2) is 0 Å². The minimum atomic E-state index is -0.453. The second kappa shape index (κ2) is 6.77. The maximum Gasteiger partial charge on any atom is 0.0891 e. The Labute approximate surface area is 424 Å². The smallest absolute Gasteiger partial charge is 0.0891 e. The summed E-state index contributed by atoms with van der Waals surface area (Å²) in [5.74, 6) is 0.0376. The Bertz CT molecular complexity index is 7900. The van der Waals surface area contributed by atoms with Crippen molar-refractivity contribution in [2.24, 2.45) is 7.05 Å². The van der Waals surface area contributed by atoms with E-state index >= 15 is 0 Å². The normalized spacial score (nSPS) is 22.5. The van der Waals surface area contributed by atoms with E-state index in [1.165, 1.54) is 21.6 Å². The number of para-hydroxylation sites is 1. The first-order chi connectivity index (χ1) is 38.3. The highest BCUT2D eigenvalue weighted by Crippen LogP contribution is 2.89. The summed E-state index contributed by atoms with van der Waals surface area (Å²) in [5.41, 5.74) is 10.8. The van der Waals surface area contributed by atoms with Crippen molar-refractivity contribution in [3.63, 3.8) is 0 Å². The molecule has 77 heavy (non-hydrogen) atoms. The Morgan fingerprint density at radius 3 is 0.883 bits per heavy atom. The van der Waals surface area contributed by atoms with E-state index in [2.05, 4.69) is 71.0 Å². The Kier molecular flexibility index (Phi) is 2.57. The minimum Gasteiger partial charge on any atom is -0.364 e. The first-order valence-corrected chi connectivity index (χ1v) is 29.3. The van der Waals surface area contributed by atoms with Crippen molar-refractivity contribution in [2.75, 3.05) is 0 Å². The fraction of sp³-hybridized carbons (Fsp3) is 0.0541. The number of thioether (sulfide) groups is 1. The third-order valence-electron chi connectivity index (χ3n) is 27.3. The van der Waals surface area contributed by atoms with Gasteiger partial charge in [-0.2, -0.15) is 0 Å². The van der Waals surface area contributed by atoms with Crippen molar-refractivity contribution < 1.29 is 0 Å². The molecule has 4 aliphatic carbocycles. The molecular formula is C74H12N2S. The van der Waals surface area contributed by atoms with Gasteiger partial charge in [-0.05, 0) is 331 Å². The van der Waals surface area contributed by atoms with Crippen LogP contribution in [-0.2, 0) is 17.2 Å². The average molecular weight is 961 g/mol. The number of aromatic nitrogens is 2. The summed E-state index contributed by atoms with van der Waals surface area (Å²) in [7, 11) is 2.43. The second-order valence-electron chi connectivity index (χ2n) is 27.7. The standard InChI is InChI=1S/C74H12N2S/c1-76-11-7-3-2-5-9(11)12-67(10-6-4-8-75-10)73-68-59-51-41-31-23-15-13-14-17-21-19(15)27-35-29(21)39-33-25(17)26-18(14)22-20-16(13)24(23)32-38-28(20)36-30(22)40-34(26)44-43(33)55-49(39)57-47(35)53(45(51)37(27)31)61(68)63(57)70-65(55)66-56(44)50(40)58-48(36)54-46(38)52(42(32)41)60(59)69(73)62(54)64(58)71(66)74(70,73)77-72(12)76/h2-8,67,75H,1H3. The van der Waals surface area contributed by atoms with Gasteiger partial charge in [0.15, 0.2) is 0 Å². The Morgan fingerprint density at radius 2 is 0.597 bits per heavy atom. The number of nitrogens with zero attached hydrogens (tertiary/aromatic N) is 1. The van der Waals surface area contributed by atoms with Crippen molar-refractivity contribution in [3.8, 4) is 0 Å². The van der Waals surface area contributed by atoms with Crippen LogP contribution in [0.15, 0.2) is 47.6 Å². The van der Waals surface area contributed by atoms with E-state index in [0.717, 1.165) is 0 Å². The number of fused-ring (bicyclic) bond motifs is 3. The molecule has 1 atom stereocenters. The van der Waals surface area contributed by atoms with E-state index in [-0.39, 0.29) is 5.92 Å². The summed E-state index contributed by atoms with van der Waals surface area (Å²) in [4.78, 5) is 4.16. The largest absolute Gasteiger partial charge is 0.364 e. The Morgan fingerprint density at radius 1 is 0.325 bits per heavy atom. The lowest BCUT2D eigenvalue weighted by Gasteiger charge is -2.59. The van der Waals surface area contributed by atoms with Crippen molar-refractivity contribution >= 4 is 314 Å². The molecule has 36 rings (SSSR count). The van der Waals surface area contributed by atoms with Gasteiger partial charge in [0, 0.05) is 41.3 Å². The maximum absolute atomic E-state index is 4.16. The third-order valence-corrected chi connectivity index (χ3v) is 29.0. The summed E-state index contributed by atoms with van der Waals surface area (Å²) in [6.45, 7) is 0. The number of H-pyrrole nitrogens is 1. The zero-order chi connectivity index (χ0) is 45.9. The summed E-state index contributed by atoms with van der Waals surface area (Å²) >= 11 is 2.36. The molecule has 0 bridgehead atoms. The van der Waals surface area contributed by atoms with E-state index < -0.39 is 10.2 Å². The Hall–Kier alpha value is -9.15. The summed E-state index contributed by atoms with van der Waals surface area (Å²) in [6, 6.07) is 14.5. The van der Waals surface area contributed by atoms with Gasteiger partial charge >= 0.3 is 0 Å². The quantitative estimate of drug-likeness (QED) is 0.163. The molecule has 0 radical (unpaired) electrons. The van der Waals surface area contributed by atoms with Crippen LogP contribution in [0.3, 0.4) is 0 Å². The topological polar surface area (TPSA) is 20.7 Å². The number of aromatic amines is 1. The molecule has 0 amide bonds. The average Bonchev–Trinajstić information content (AvgIpc) is 1.76. The zero-order valence-electron chi connectivity index (χ0n) is 39.5. The van der Waals surface area contributed by atoms with Crippen molar-refractivity contribution in [1.82, 2.24) is 9.55 Å². The fourth-order valence-corrected chi connectivity index (χ4v) is 28.9. The molecule has 3 heteroatoms. The van der Waals surface area contributed by atoms with E-state index in [9.17, 15) is 0 Å². The van der Waals surface area contributed by atoms with E-state index in [1.807, 2.05) is 0 Å². The molecule has 0 fully saturated rings.